The van der Waals surface area contributed by atoms with Crippen LogP contribution in [0.25, 0.3) is 0 Å². The van der Waals surface area contributed by atoms with E-state index >= 15 is 0 Å². The van der Waals surface area contributed by atoms with Crippen molar-refractivity contribution >= 4 is 25.6 Å². The largest absolute Gasteiger partial charge is 0.351 e. The molecular formula is C21H24N2O5S2. The van der Waals surface area contributed by atoms with Gasteiger partial charge in [-0.05, 0) is 50.2 Å². The van der Waals surface area contributed by atoms with Gasteiger partial charge in [-0.1, -0.05) is 24.3 Å². The predicted octanol–water partition coefficient (Wildman–Crippen LogP) is 1.81. The van der Waals surface area contributed by atoms with Crippen LogP contribution in [0.5, 0.6) is 0 Å². The fourth-order valence-electron chi connectivity index (χ4n) is 4.17. The topological polar surface area (TPSA) is 101 Å². The fourth-order valence-corrected chi connectivity index (χ4v) is 8.54. The molecule has 0 aliphatic carbocycles. The minimum absolute atomic E-state index is 0.0438. The van der Waals surface area contributed by atoms with E-state index in [-0.39, 0.29) is 20.9 Å². The number of benzene rings is 2. The molecule has 9 heteroatoms. The number of hydrogen-bond donors (Lipinski definition) is 1. The van der Waals surface area contributed by atoms with Crippen LogP contribution in [0, 0.1) is 0 Å². The van der Waals surface area contributed by atoms with Gasteiger partial charge < -0.3 is 10.2 Å². The van der Waals surface area contributed by atoms with Gasteiger partial charge in [-0.15, -0.1) is 0 Å². The molecule has 2 heterocycles. The molecule has 4 rings (SSSR count). The van der Waals surface area contributed by atoms with E-state index in [1.807, 2.05) is 0 Å². The second kappa shape index (κ2) is 8.13. The summed E-state index contributed by atoms with van der Waals surface area (Å²) in [5.74, 6) is -1.01. The zero-order valence-electron chi connectivity index (χ0n) is 16.5. The maximum Gasteiger partial charge on any atom is 0.251 e. The molecule has 1 N–H and O–H groups in total. The molecule has 0 radical (unpaired) electrons. The maximum atomic E-state index is 13.2. The number of amides is 1. The van der Waals surface area contributed by atoms with Crippen LogP contribution in [0.15, 0.2) is 58.3 Å². The fraction of sp³-hybridized carbons (Fsp3) is 0.381. The number of rotatable bonds is 6. The van der Waals surface area contributed by atoms with Gasteiger partial charge in [-0.3, -0.25) is 4.79 Å². The molecule has 2 aromatic carbocycles. The molecule has 1 fully saturated rings. The van der Waals surface area contributed by atoms with Crippen molar-refractivity contribution in [3.05, 3.63) is 59.7 Å². The third-order valence-electron chi connectivity index (χ3n) is 5.70. The van der Waals surface area contributed by atoms with E-state index < -0.39 is 36.6 Å². The molecule has 30 heavy (non-hydrogen) atoms. The Morgan fingerprint density at radius 3 is 2.43 bits per heavy atom. The van der Waals surface area contributed by atoms with E-state index in [2.05, 4.69) is 10.2 Å². The molecule has 2 aliphatic rings. The highest BCUT2D eigenvalue weighted by Crippen LogP contribution is 2.42. The lowest BCUT2D eigenvalue weighted by Gasteiger charge is -2.17. The van der Waals surface area contributed by atoms with Gasteiger partial charge in [0.25, 0.3) is 5.91 Å². The second-order valence-corrected chi connectivity index (χ2v) is 11.8. The Balaban J connectivity index is 1.66. The molecule has 2 aromatic rings. The molecule has 1 amide bonds. The lowest BCUT2D eigenvalue weighted by atomic mass is 10.0. The van der Waals surface area contributed by atoms with Crippen molar-refractivity contribution in [3.8, 4) is 0 Å². The van der Waals surface area contributed by atoms with Gasteiger partial charge in [-0.2, -0.15) is 0 Å². The number of likely N-dealkylation sites (tertiary alicyclic amines) is 1. The minimum Gasteiger partial charge on any atom is -0.351 e. The van der Waals surface area contributed by atoms with Crippen molar-refractivity contribution in [3.63, 3.8) is 0 Å². The standard InChI is InChI=1S/C21H24N2O5S2/c24-21(22-11-14-23-12-4-5-13-23)17-9-6-10-18-20(17)19(15-29(18,25)26)30(27,28)16-7-2-1-3-8-16/h1-3,6-10,19H,4-5,11-15H2,(H,22,24). The van der Waals surface area contributed by atoms with Crippen LogP contribution < -0.4 is 5.32 Å². The van der Waals surface area contributed by atoms with Crippen molar-refractivity contribution in [1.82, 2.24) is 10.2 Å². The van der Waals surface area contributed by atoms with Crippen molar-refractivity contribution in [2.75, 3.05) is 31.9 Å². The van der Waals surface area contributed by atoms with Gasteiger partial charge in [0.05, 0.1) is 15.5 Å². The highest BCUT2D eigenvalue weighted by atomic mass is 32.2. The third-order valence-corrected chi connectivity index (χ3v) is 9.79. The summed E-state index contributed by atoms with van der Waals surface area (Å²) in [7, 11) is -7.78. The molecule has 160 valence electrons. The third kappa shape index (κ3) is 3.89. The monoisotopic (exact) mass is 448 g/mol. The predicted molar refractivity (Wildman–Crippen MR) is 113 cm³/mol. The van der Waals surface area contributed by atoms with Crippen LogP contribution in [0.2, 0.25) is 0 Å². The first kappa shape index (κ1) is 21.0. The molecule has 0 bridgehead atoms. The summed E-state index contributed by atoms with van der Waals surface area (Å²) < 4.78 is 51.9. The van der Waals surface area contributed by atoms with Crippen molar-refractivity contribution in [2.24, 2.45) is 0 Å². The number of carbonyl (C=O) groups is 1. The highest BCUT2D eigenvalue weighted by molar-refractivity contribution is 7.96. The maximum absolute atomic E-state index is 13.2. The van der Waals surface area contributed by atoms with Crippen molar-refractivity contribution < 1.29 is 21.6 Å². The first-order valence-corrected chi connectivity index (χ1v) is 13.2. The normalized spacial score (nSPS) is 20.7. The molecule has 1 saturated heterocycles. The number of nitrogens with zero attached hydrogens (tertiary/aromatic N) is 1. The highest BCUT2D eigenvalue weighted by Gasteiger charge is 2.45. The summed E-state index contributed by atoms with van der Waals surface area (Å²) in [4.78, 5) is 15.1. The summed E-state index contributed by atoms with van der Waals surface area (Å²) in [6.45, 7) is 3.15. The number of hydrogen-bond acceptors (Lipinski definition) is 6. The number of nitrogens with one attached hydrogen (secondary N) is 1. The summed E-state index contributed by atoms with van der Waals surface area (Å²) >= 11 is 0. The van der Waals surface area contributed by atoms with Crippen LogP contribution in [0.1, 0.15) is 34.0 Å². The quantitative estimate of drug-likeness (QED) is 0.723. The Labute approximate surface area is 176 Å². The lowest BCUT2D eigenvalue weighted by Crippen LogP contribution is -2.34. The minimum atomic E-state index is -3.98. The first-order chi connectivity index (χ1) is 14.3. The van der Waals surface area contributed by atoms with E-state index in [0.29, 0.717) is 13.1 Å². The second-order valence-electron chi connectivity index (χ2n) is 7.65. The van der Waals surface area contributed by atoms with Crippen molar-refractivity contribution in [2.45, 2.75) is 27.9 Å². The first-order valence-electron chi connectivity index (χ1n) is 9.96. The van der Waals surface area contributed by atoms with Crippen molar-refractivity contribution in [1.29, 1.82) is 0 Å². The molecule has 2 aliphatic heterocycles. The molecule has 1 unspecified atom stereocenters. The molecular weight excluding hydrogens is 424 g/mol. The van der Waals surface area contributed by atoms with E-state index in [4.69, 9.17) is 0 Å². The number of carbonyl (C=O) groups excluding carboxylic acids is 1. The number of fused-ring (bicyclic) bond motifs is 1. The lowest BCUT2D eigenvalue weighted by molar-refractivity contribution is 0.0948. The Morgan fingerprint density at radius 2 is 1.73 bits per heavy atom. The molecule has 0 aromatic heterocycles. The zero-order valence-corrected chi connectivity index (χ0v) is 18.1. The summed E-state index contributed by atoms with van der Waals surface area (Å²) in [6, 6.07) is 12.1. The van der Waals surface area contributed by atoms with Gasteiger partial charge in [0.15, 0.2) is 19.7 Å². The molecule has 0 spiro atoms. The Kier molecular flexibility index (Phi) is 5.69. The Hall–Kier alpha value is -2.23. The van der Waals surface area contributed by atoms with Crippen LogP contribution >= 0.6 is 0 Å². The van der Waals surface area contributed by atoms with Gasteiger partial charge in [0.2, 0.25) is 0 Å². The molecule has 1 atom stereocenters. The Bertz CT molecular complexity index is 1160. The average molecular weight is 449 g/mol. The number of sulfone groups is 2. The van der Waals surface area contributed by atoms with E-state index in [1.54, 1.807) is 18.2 Å². The van der Waals surface area contributed by atoms with Gasteiger partial charge >= 0.3 is 0 Å². The summed E-state index contributed by atoms with van der Waals surface area (Å²) in [6.07, 6.45) is 2.30. The SMILES string of the molecule is O=C(NCCN1CCCC1)c1cccc2c1C(S(=O)(=O)c1ccccc1)CS2(=O)=O. The van der Waals surface area contributed by atoms with E-state index in [1.165, 1.54) is 30.3 Å². The van der Waals surface area contributed by atoms with E-state index in [9.17, 15) is 21.6 Å². The smallest absolute Gasteiger partial charge is 0.251 e. The zero-order chi connectivity index (χ0) is 21.4. The molecule has 0 saturated carbocycles. The Morgan fingerprint density at radius 1 is 1.03 bits per heavy atom. The molecule has 7 nitrogen and oxygen atoms in total. The van der Waals surface area contributed by atoms with Crippen LogP contribution in [-0.2, 0) is 19.7 Å². The van der Waals surface area contributed by atoms with Crippen LogP contribution in [0.4, 0.5) is 0 Å². The average Bonchev–Trinajstić information content (AvgIpc) is 3.35. The van der Waals surface area contributed by atoms with Crippen LogP contribution in [-0.4, -0.2) is 59.6 Å². The summed E-state index contributed by atoms with van der Waals surface area (Å²) in [5, 5.41) is 1.52. The van der Waals surface area contributed by atoms with Gasteiger partial charge in [0, 0.05) is 24.2 Å². The van der Waals surface area contributed by atoms with E-state index in [0.717, 1.165) is 25.9 Å². The van der Waals surface area contributed by atoms with Gasteiger partial charge in [0.1, 0.15) is 5.25 Å². The summed E-state index contributed by atoms with van der Waals surface area (Å²) in [5.41, 5.74) is 0.194. The van der Waals surface area contributed by atoms with Gasteiger partial charge in [-0.25, -0.2) is 16.8 Å². The van der Waals surface area contributed by atoms with Crippen LogP contribution in [0.3, 0.4) is 0 Å².